The van der Waals surface area contributed by atoms with Crippen molar-refractivity contribution in [2.75, 3.05) is 31.7 Å². The molecule has 1 amide bonds. The summed E-state index contributed by atoms with van der Waals surface area (Å²) >= 11 is 0. The van der Waals surface area contributed by atoms with Gasteiger partial charge in [0, 0.05) is 25.2 Å². The fourth-order valence-corrected chi connectivity index (χ4v) is 2.28. The van der Waals surface area contributed by atoms with Gasteiger partial charge in [-0.1, -0.05) is 0 Å². The fraction of sp³-hybridized carbons (Fsp3) is 0.667. The molecule has 2 N–H and O–H groups in total. The van der Waals surface area contributed by atoms with Gasteiger partial charge in [-0.3, -0.25) is 9.48 Å². The number of morpholine rings is 1. The number of amides is 1. The first-order chi connectivity index (χ1) is 10.9. The van der Waals surface area contributed by atoms with Crippen molar-refractivity contribution in [2.45, 2.75) is 38.8 Å². The molecule has 1 aliphatic rings. The van der Waals surface area contributed by atoms with E-state index in [0.29, 0.717) is 31.9 Å². The lowest BCUT2D eigenvalue weighted by atomic mass is 10.1. The van der Waals surface area contributed by atoms with E-state index in [1.165, 1.54) is 10.9 Å². The molecule has 0 spiro atoms. The van der Waals surface area contributed by atoms with E-state index in [9.17, 15) is 9.59 Å². The standard InChI is InChI=1S/C15H24N4O4/c1-4-23-14(21)15(2,3)19-9-12(8-17-19)18-13(20)7-11-10-22-6-5-16-11/h8-9,11,16H,4-7,10H2,1-3H3,(H,18,20). The summed E-state index contributed by atoms with van der Waals surface area (Å²) in [5.41, 5.74) is -0.387. The number of hydrogen-bond acceptors (Lipinski definition) is 6. The van der Waals surface area contributed by atoms with Crippen LogP contribution in [0.5, 0.6) is 0 Å². The molecule has 0 aromatic carbocycles. The highest BCUT2D eigenvalue weighted by Gasteiger charge is 2.32. The zero-order valence-electron chi connectivity index (χ0n) is 13.8. The van der Waals surface area contributed by atoms with Crippen molar-refractivity contribution in [1.29, 1.82) is 0 Å². The quantitative estimate of drug-likeness (QED) is 0.740. The second kappa shape index (κ2) is 7.56. The molecule has 1 aliphatic heterocycles. The number of nitrogens with one attached hydrogen (secondary N) is 2. The van der Waals surface area contributed by atoms with Gasteiger partial charge in [0.05, 0.1) is 31.7 Å². The lowest BCUT2D eigenvalue weighted by Crippen LogP contribution is -2.43. The van der Waals surface area contributed by atoms with E-state index >= 15 is 0 Å². The van der Waals surface area contributed by atoms with E-state index in [4.69, 9.17) is 9.47 Å². The molecule has 23 heavy (non-hydrogen) atoms. The van der Waals surface area contributed by atoms with E-state index in [1.54, 1.807) is 27.0 Å². The molecule has 0 bridgehead atoms. The minimum Gasteiger partial charge on any atom is -0.464 e. The number of ether oxygens (including phenoxy) is 2. The Kier molecular flexibility index (Phi) is 5.73. The third kappa shape index (κ3) is 4.52. The zero-order valence-corrected chi connectivity index (χ0v) is 13.8. The number of aromatic nitrogens is 2. The molecule has 2 rings (SSSR count). The van der Waals surface area contributed by atoms with Crippen LogP contribution in [-0.4, -0.2) is 54.1 Å². The molecule has 8 nitrogen and oxygen atoms in total. The third-order valence-electron chi connectivity index (χ3n) is 3.64. The Bertz CT molecular complexity index is 549. The van der Waals surface area contributed by atoms with E-state index in [-0.39, 0.29) is 17.9 Å². The molecule has 1 fully saturated rings. The normalized spacial score (nSPS) is 18.5. The topological polar surface area (TPSA) is 94.5 Å². The van der Waals surface area contributed by atoms with Crippen molar-refractivity contribution >= 4 is 17.6 Å². The highest BCUT2D eigenvalue weighted by Crippen LogP contribution is 2.19. The van der Waals surface area contributed by atoms with Crippen LogP contribution in [0.2, 0.25) is 0 Å². The molecule has 1 aromatic heterocycles. The number of hydrogen-bond donors (Lipinski definition) is 2. The highest BCUT2D eigenvalue weighted by atomic mass is 16.5. The summed E-state index contributed by atoms with van der Waals surface area (Å²) in [5.74, 6) is -0.494. The van der Waals surface area contributed by atoms with Crippen LogP contribution in [-0.2, 0) is 24.6 Å². The van der Waals surface area contributed by atoms with Crippen molar-refractivity contribution in [2.24, 2.45) is 0 Å². The number of carbonyl (C=O) groups is 2. The van der Waals surface area contributed by atoms with Gasteiger partial charge in [-0.15, -0.1) is 0 Å². The third-order valence-corrected chi connectivity index (χ3v) is 3.64. The Balaban J connectivity index is 1.93. The average Bonchev–Trinajstić information content (AvgIpc) is 2.97. The molecular formula is C15H24N4O4. The molecule has 0 radical (unpaired) electrons. The molecule has 1 unspecified atom stereocenters. The van der Waals surface area contributed by atoms with Gasteiger partial charge in [0.25, 0.3) is 0 Å². The van der Waals surface area contributed by atoms with Gasteiger partial charge < -0.3 is 20.1 Å². The molecule has 0 saturated carbocycles. The van der Waals surface area contributed by atoms with Gasteiger partial charge >= 0.3 is 5.97 Å². The Morgan fingerprint density at radius 1 is 1.57 bits per heavy atom. The predicted octanol–water partition coefficient (Wildman–Crippen LogP) is 0.498. The maximum absolute atomic E-state index is 12.0. The van der Waals surface area contributed by atoms with Crippen LogP contribution in [0, 0.1) is 0 Å². The molecule has 1 aromatic rings. The fourth-order valence-electron chi connectivity index (χ4n) is 2.28. The van der Waals surface area contributed by atoms with Crippen LogP contribution in [0.1, 0.15) is 27.2 Å². The number of esters is 1. The predicted molar refractivity (Wildman–Crippen MR) is 84.0 cm³/mol. The monoisotopic (exact) mass is 324 g/mol. The second-order valence-corrected chi connectivity index (χ2v) is 5.93. The van der Waals surface area contributed by atoms with Crippen molar-refractivity contribution in [1.82, 2.24) is 15.1 Å². The molecule has 0 aliphatic carbocycles. The number of anilines is 1. The van der Waals surface area contributed by atoms with E-state index in [1.807, 2.05) is 0 Å². The first-order valence-electron chi connectivity index (χ1n) is 7.77. The molecule has 1 saturated heterocycles. The molecule has 1 atom stereocenters. The summed E-state index contributed by atoms with van der Waals surface area (Å²) in [4.78, 5) is 24.0. The van der Waals surface area contributed by atoms with Gasteiger partial charge in [0.1, 0.15) is 0 Å². The highest BCUT2D eigenvalue weighted by molar-refractivity contribution is 5.91. The van der Waals surface area contributed by atoms with Gasteiger partial charge in [0.15, 0.2) is 5.54 Å². The summed E-state index contributed by atoms with van der Waals surface area (Å²) in [6.07, 6.45) is 3.47. The van der Waals surface area contributed by atoms with Crippen molar-refractivity contribution in [3.05, 3.63) is 12.4 Å². The summed E-state index contributed by atoms with van der Waals surface area (Å²) in [6, 6.07) is 0.0229. The Morgan fingerprint density at radius 3 is 3.00 bits per heavy atom. The maximum atomic E-state index is 12.0. The molecular weight excluding hydrogens is 300 g/mol. The smallest absolute Gasteiger partial charge is 0.333 e. The second-order valence-electron chi connectivity index (χ2n) is 5.93. The number of nitrogens with zero attached hydrogens (tertiary/aromatic N) is 2. The SMILES string of the molecule is CCOC(=O)C(C)(C)n1cc(NC(=O)CC2COCCN2)cn1. The Hall–Kier alpha value is -1.93. The first-order valence-corrected chi connectivity index (χ1v) is 7.77. The van der Waals surface area contributed by atoms with E-state index < -0.39 is 5.54 Å². The first kappa shape index (κ1) is 17.4. The summed E-state index contributed by atoms with van der Waals surface area (Å²) in [5, 5.41) is 10.2. The minimum absolute atomic E-state index is 0.0229. The lowest BCUT2D eigenvalue weighted by Gasteiger charge is -2.23. The Labute approximate surface area is 135 Å². The van der Waals surface area contributed by atoms with Crippen LogP contribution < -0.4 is 10.6 Å². The van der Waals surface area contributed by atoms with Gasteiger partial charge in [-0.25, -0.2) is 4.79 Å². The van der Waals surface area contributed by atoms with Crippen molar-refractivity contribution in [3.63, 3.8) is 0 Å². The largest absolute Gasteiger partial charge is 0.464 e. The number of rotatable bonds is 6. The summed E-state index contributed by atoms with van der Waals surface area (Å²) < 4.78 is 11.9. The lowest BCUT2D eigenvalue weighted by molar-refractivity contribution is -0.152. The minimum atomic E-state index is -0.933. The molecule has 8 heteroatoms. The zero-order chi connectivity index (χ0) is 16.9. The van der Waals surface area contributed by atoms with Gasteiger partial charge in [0.2, 0.25) is 5.91 Å². The summed E-state index contributed by atoms with van der Waals surface area (Å²) in [6.45, 7) is 7.45. The Morgan fingerprint density at radius 2 is 2.35 bits per heavy atom. The van der Waals surface area contributed by atoms with Crippen LogP contribution in [0.25, 0.3) is 0 Å². The van der Waals surface area contributed by atoms with Crippen molar-refractivity contribution in [3.8, 4) is 0 Å². The van der Waals surface area contributed by atoms with Crippen LogP contribution in [0.4, 0.5) is 5.69 Å². The molecule has 2 heterocycles. The van der Waals surface area contributed by atoms with Crippen LogP contribution >= 0.6 is 0 Å². The number of carbonyl (C=O) groups excluding carboxylic acids is 2. The maximum Gasteiger partial charge on any atom is 0.333 e. The van der Waals surface area contributed by atoms with Gasteiger partial charge in [-0.05, 0) is 20.8 Å². The van der Waals surface area contributed by atoms with E-state index in [0.717, 1.165) is 6.54 Å². The van der Waals surface area contributed by atoms with Crippen molar-refractivity contribution < 1.29 is 19.1 Å². The van der Waals surface area contributed by atoms with Crippen LogP contribution in [0.15, 0.2) is 12.4 Å². The van der Waals surface area contributed by atoms with Crippen LogP contribution in [0.3, 0.4) is 0 Å². The summed E-state index contributed by atoms with van der Waals surface area (Å²) in [7, 11) is 0. The van der Waals surface area contributed by atoms with Gasteiger partial charge in [-0.2, -0.15) is 5.10 Å². The molecule has 128 valence electrons. The average molecular weight is 324 g/mol. The van der Waals surface area contributed by atoms with E-state index in [2.05, 4.69) is 15.7 Å².